The Morgan fingerprint density at radius 3 is 2.35 bits per heavy atom. The Morgan fingerprint density at radius 1 is 1.00 bits per heavy atom. The van der Waals surface area contributed by atoms with Gasteiger partial charge < -0.3 is 15.5 Å². The second kappa shape index (κ2) is 7.47. The molecule has 4 heteroatoms. The van der Waals surface area contributed by atoms with Gasteiger partial charge in [0, 0.05) is 30.2 Å². The van der Waals surface area contributed by atoms with Gasteiger partial charge in [0.05, 0.1) is 0 Å². The third kappa shape index (κ3) is 4.45. The zero-order chi connectivity index (χ0) is 16.1. The Balaban J connectivity index is 1.58. The quantitative estimate of drug-likeness (QED) is 0.788. The van der Waals surface area contributed by atoms with Crippen LogP contribution in [0.5, 0.6) is 0 Å². The smallest absolute Gasteiger partial charge is 0.173 e. The molecule has 0 unspecified atom stereocenters. The van der Waals surface area contributed by atoms with Crippen LogP contribution in [0.2, 0.25) is 0 Å². The SMILES string of the molecule is C[C@H]1CCCN(C(=S)Nc2ccc(Nc3ccccc3)cc2)C1. The molecule has 2 aromatic carbocycles. The summed E-state index contributed by atoms with van der Waals surface area (Å²) in [5.74, 6) is 0.723. The van der Waals surface area contributed by atoms with Gasteiger partial charge in [-0.15, -0.1) is 0 Å². The van der Waals surface area contributed by atoms with E-state index >= 15 is 0 Å². The first-order chi connectivity index (χ1) is 11.2. The molecular formula is C19H23N3S. The second-order valence-electron chi connectivity index (χ2n) is 6.19. The number of benzene rings is 2. The first-order valence-corrected chi connectivity index (χ1v) is 8.59. The predicted molar refractivity (Wildman–Crippen MR) is 102 cm³/mol. The Kier molecular flexibility index (Phi) is 5.13. The Hall–Kier alpha value is -2.07. The molecule has 0 saturated carbocycles. The number of likely N-dealkylation sites (tertiary alicyclic amines) is 1. The van der Waals surface area contributed by atoms with Crippen LogP contribution in [0.4, 0.5) is 17.1 Å². The number of nitrogens with zero attached hydrogens (tertiary/aromatic N) is 1. The highest BCUT2D eigenvalue weighted by molar-refractivity contribution is 7.80. The van der Waals surface area contributed by atoms with Crippen molar-refractivity contribution in [3.63, 3.8) is 0 Å². The number of nitrogens with one attached hydrogen (secondary N) is 2. The van der Waals surface area contributed by atoms with Crippen molar-refractivity contribution in [2.45, 2.75) is 19.8 Å². The first-order valence-electron chi connectivity index (χ1n) is 8.19. The summed E-state index contributed by atoms with van der Waals surface area (Å²) >= 11 is 5.55. The van der Waals surface area contributed by atoms with Gasteiger partial charge in [-0.3, -0.25) is 0 Å². The van der Waals surface area contributed by atoms with E-state index in [0.29, 0.717) is 0 Å². The van der Waals surface area contributed by atoms with Gasteiger partial charge in [0.25, 0.3) is 0 Å². The molecule has 1 fully saturated rings. The van der Waals surface area contributed by atoms with Crippen LogP contribution >= 0.6 is 12.2 Å². The number of rotatable bonds is 3. The molecule has 0 bridgehead atoms. The molecule has 3 rings (SSSR count). The molecule has 2 aromatic rings. The molecule has 1 atom stereocenters. The highest BCUT2D eigenvalue weighted by atomic mass is 32.1. The van der Waals surface area contributed by atoms with Crippen LogP contribution in [0.25, 0.3) is 0 Å². The molecule has 0 radical (unpaired) electrons. The van der Waals surface area contributed by atoms with Crippen molar-refractivity contribution >= 4 is 34.4 Å². The largest absolute Gasteiger partial charge is 0.356 e. The van der Waals surface area contributed by atoms with E-state index in [9.17, 15) is 0 Å². The van der Waals surface area contributed by atoms with E-state index in [2.05, 4.69) is 58.9 Å². The van der Waals surface area contributed by atoms with E-state index in [-0.39, 0.29) is 0 Å². The van der Waals surface area contributed by atoms with Gasteiger partial charge >= 0.3 is 0 Å². The Morgan fingerprint density at radius 2 is 1.65 bits per heavy atom. The lowest BCUT2D eigenvalue weighted by atomic mass is 10.0. The van der Waals surface area contributed by atoms with Crippen LogP contribution in [0.15, 0.2) is 54.6 Å². The fourth-order valence-corrected chi connectivity index (χ4v) is 3.19. The first kappa shape index (κ1) is 15.8. The molecule has 120 valence electrons. The van der Waals surface area contributed by atoms with Gasteiger partial charge in [-0.25, -0.2) is 0 Å². The Labute approximate surface area is 143 Å². The molecule has 23 heavy (non-hydrogen) atoms. The number of para-hydroxylation sites is 1. The molecule has 1 aliphatic rings. The lowest BCUT2D eigenvalue weighted by Crippen LogP contribution is -2.41. The minimum atomic E-state index is 0.723. The van der Waals surface area contributed by atoms with Crippen molar-refractivity contribution in [1.29, 1.82) is 0 Å². The van der Waals surface area contributed by atoms with Crippen molar-refractivity contribution in [3.05, 3.63) is 54.6 Å². The fraction of sp³-hybridized carbons (Fsp3) is 0.316. The summed E-state index contributed by atoms with van der Waals surface area (Å²) in [7, 11) is 0. The van der Waals surface area contributed by atoms with Crippen molar-refractivity contribution < 1.29 is 0 Å². The van der Waals surface area contributed by atoms with Crippen LogP contribution in [0, 0.1) is 5.92 Å². The molecular weight excluding hydrogens is 302 g/mol. The topological polar surface area (TPSA) is 27.3 Å². The third-order valence-electron chi connectivity index (χ3n) is 4.14. The molecule has 1 aliphatic heterocycles. The number of anilines is 3. The highest BCUT2D eigenvalue weighted by Crippen LogP contribution is 2.20. The van der Waals surface area contributed by atoms with Gasteiger partial charge in [0.2, 0.25) is 0 Å². The minimum absolute atomic E-state index is 0.723. The monoisotopic (exact) mass is 325 g/mol. The maximum absolute atomic E-state index is 5.55. The third-order valence-corrected chi connectivity index (χ3v) is 4.50. The summed E-state index contributed by atoms with van der Waals surface area (Å²) in [5.41, 5.74) is 3.19. The van der Waals surface area contributed by atoms with Crippen molar-refractivity contribution in [2.75, 3.05) is 23.7 Å². The van der Waals surface area contributed by atoms with Gasteiger partial charge in [0.15, 0.2) is 5.11 Å². The van der Waals surface area contributed by atoms with Gasteiger partial charge in [0.1, 0.15) is 0 Å². The van der Waals surface area contributed by atoms with Crippen LogP contribution in [-0.2, 0) is 0 Å². The summed E-state index contributed by atoms with van der Waals surface area (Å²) in [6.45, 7) is 4.40. The van der Waals surface area contributed by atoms with E-state index in [0.717, 1.165) is 41.2 Å². The van der Waals surface area contributed by atoms with E-state index < -0.39 is 0 Å². The van der Waals surface area contributed by atoms with Crippen molar-refractivity contribution in [1.82, 2.24) is 4.90 Å². The summed E-state index contributed by atoms with van der Waals surface area (Å²) in [6, 6.07) is 18.4. The van der Waals surface area contributed by atoms with Crippen molar-refractivity contribution in [2.24, 2.45) is 5.92 Å². The van der Waals surface area contributed by atoms with Gasteiger partial charge in [-0.1, -0.05) is 25.1 Å². The normalized spacial score (nSPS) is 17.6. The molecule has 0 aromatic heterocycles. The molecule has 0 amide bonds. The minimum Gasteiger partial charge on any atom is -0.356 e. The average Bonchev–Trinajstić information content (AvgIpc) is 2.57. The second-order valence-corrected chi connectivity index (χ2v) is 6.58. The van der Waals surface area contributed by atoms with E-state index in [4.69, 9.17) is 12.2 Å². The zero-order valence-corrected chi connectivity index (χ0v) is 14.3. The number of hydrogen-bond acceptors (Lipinski definition) is 2. The number of piperidine rings is 1. The van der Waals surface area contributed by atoms with Gasteiger partial charge in [-0.2, -0.15) is 0 Å². The summed E-state index contributed by atoms with van der Waals surface area (Å²) < 4.78 is 0. The van der Waals surface area contributed by atoms with Crippen LogP contribution in [0.3, 0.4) is 0 Å². The van der Waals surface area contributed by atoms with E-state index in [1.807, 2.05) is 18.2 Å². The number of thiocarbonyl (C=S) groups is 1. The fourth-order valence-electron chi connectivity index (χ4n) is 2.90. The Bertz CT molecular complexity index is 639. The zero-order valence-electron chi connectivity index (χ0n) is 13.5. The lowest BCUT2D eigenvalue weighted by Gasteiger charge is -2.33. The maximum Gasteiger partial charge on any atom is 0.173 e. The molecule has 2 N–H and O–H groups in total. The summed E-state index contributed by atoms with van der Waals surface area (Å²) in [6.07, 6.45) is 2.53. The predicted octanol–water partition coefficient (Wildman–Crippen LogP) is 4.86. The van der Waals surface area contributed by atoms with E-state index in [1.165, 1.54) is 12.8 Å². The number of hydrogen-bond donors (Lipinski definition) is 2. The lowest BCUT2D eigenvalue weighted by molar-refractivity contribution is 0.276. The summed E-state index contributed by atoms with van der Waals surface area (Å²) in [4.78, 5) is 2.28. The summed E-state index contributed by atoms with van der Waals surface area (Å²) in [5, 5.41) is 7.57. The highest BCUT2D eigenvalue weighted by Gasteiger charge is 2.18. The molecule has 0 aliphatic carbocycles. The molecule has 0 spiro atoms. The molecule has 1 heterocycles. The van der Waals surface area contributed by atoms with Crippen LogP contribution < -0.4 is 10.6 Å². The van der Waals surface area contributed by atoms with Crippen molar-refractivity contribution in [3.8, 4) is 0 Å². The maximum atomic E-state index is 5.55. The van der Waals surface area contributed by atoms with Crippen LogP contribution in [-0.4, -0.2) is 23.1 Å². The standard InChI is InChI=1S/C19H23N3S/c1-15-6-5-13-22(14-15)19(23)21-18-11-9-17(10-12-18)20-16-7-3-2-4-8-16/h2-4,7-12,15,20H,5-6,13-14H2,1H3,(H,21,23)/t15-/m0/s1. The van der Waals surface area contributed by atoms with Gasteiger partial charge in [-0.05, 0) is 67.4 Å². The average molecular weight is 325 g/mol. The van der Waals surface area contributed by atoms with E-state index in [1.54, 1.807) is 0 Å². The van der Waals surface area contributed by atoms with Crippen LogP contribution in [0.1, 0.15) is 19.8 Å². The molecule has 3 nitrogen and oxygen atoms in total. The molecule has 1 saturated heterocycles.